The van der Waals surface area contributed by atoms with Crippen molar-refractivity contribution in [1.29, 1.82) is 0 Å². The van der Waals surface area contributed by atoms with Gasteiger partial charge in [-0.1, -0.05) is 19.9 Å². The Labute approximate surface area is 189 Å². The molecule has 1 aromatic rings. The molecule has 3 aliphatic carbocycles. The first kappa shape index (κ1) is 22.9. The molecule has 5 atom stereocenters. The molecule has 0 aliphatic heterocycles. The van der Waals surface area contributed by atoms with Crippen LogP contribution in [-0.2, 0) is 31.7 Å². The third-order valence-corrected chi connectivity index (χ3v) is 8.77. The van der Waals surface area contributed by atoms with E-state index in [0.29, 0.717) is 36.7 Å². The fourth-order valence-corrected chi connectivity index (χ4v) is 7.22. The van der Waals surface area contributed by atoms with E-state index in [4.69, 9.17) is 14.8 Å². The summed E-state index contributed by atoms with van der Waals surface area (Å²) in [5, 5.41) is 0. The number of carbonyl (C=O) groups excluding carboxylic acids is 1. The van der Waals surface area contributed by atoms with Crippen LogP contribution in [0, 0.1) is 23.2 Å². The first-order valence-corrected chi connectivity index (χ1v) is 12.4. The summed E-state index contributed by atoms with van der Waals surface area (Å²) in [5.41, 5.74) is 4.36. The summed E-state index contributed by atoms with van der Waals surface area (Å²) in [4.78, 5) is 16.3. The lowest BCUT2D eigenvalue weighted by atomic mass is 9.54. The molecule has 0 radical (unpaired) electrons. The fourth-order valence-electron chi connectivity index (χ4n) is 6.93. The van der Waals surface area contributed by atoms with Gasteiger partial charge < -0.3 is 8.92 Å². The second-order valence-corrected chi connectivity index (χ2v) is 10.0. The minimum atomic E-state index is -0.0208. The molecule has 1 aromatic carbocycles. The number of aryl methyl sites for hydroxylation is 2. The number of hydrogen-bond acceptors (Lipinski definition) is 7. The summed E-state index contributed by atoms with van der Waals surface area (Å²) in [6, 6.07) is 4.54. The van der Waals surface area contributed by atoms with Crippen LogP contribution in [0.5, 0.6) is 5.75 Å². The van der Waals surface area contributed by atoms with Gasteiger partial charge in [0.25, 0.3) is 12.3 Å². The minimum absolute atomic E-state index is 0.0208. The molecular weight excluding hydrogens is 414 g/mol. The Morgan fingerprint density at radius 1 is 1.23 bits per heavy atom. The highest BCUT2D eigenvalue weighted by molar-refractivity contribution is 7.90. The zero-order valence-electron chi connectivity index (χ0n) is 18.9. The Balaban J connectivity index is 1.54. The lowest BCUT2D eigenvalue weighted by molar-refractivity contribution is -0.199. The van der Waals surface area contributed by atoms with E-state index in [1.165, 1.54) is 42.4 Å². The van der Waals surface area contributed by atoms with Crippen molar-refractivity contribution < 1.29 is 23.0 Å². The Morgan fingerprint density at radius 2 is 2.06 bits per heavy atom. The molecule has 3 unspecified atom stereocenters. The van der Waals surface area contributed by atoms with Crippen LogP contribution in [0.3, 0.4) is 0 Å². The predicted molar refractivity (Wildman–Crippen MR) is 120 cm³/mol. The second kappa shape index (κ2) is 9.69. The lowest BCUT2D eigenvalue weighted by Crippen LogP contribution is -2.42. The summed E-state index contributed by atoms with van der Waals surface area (Å²) in [6.07, 6.45) is 8.56. The van der Waals surface area contributed by atoms with Crippen molar-refractivity contribution in [3.8, 4) is 5.75 Å². The van der Waals surface area contributed by atoms with Crippen molar-refractivity contribution >= 4 is 18.3 Å². The summed E-state index contributed by atoms with van der Waals surface area (Å²) < 4.78 is 15.6. The molecule has 0 bridgehead atoms. The van der Waals surface area contributed by atoms with Gasteiger partial charge in [-0.05, 0) is 104 Å². The van der Waals surface area contributed by atoms with E-state index in [-0.39, 0.29) is 11.4 Å². The van der Waals surface area contributed by atoms with Gasteiger partial charge in [-0.3, -0.25) is 4.79 Å². The number of esters is 1. The first-order chi connectivity index (χ1) is 15.0. The number of ether oxygens (including phenoxy) is 1. The number of hydrogen-bond donors (Lipinski definition) is 1. The van der Waals surface area contributed by atoms with Gasteiger partial charge in [-0.15, -0.1) is 9.32 Å². The summed E-state index contributed by atoms with van der Waals surface area (Å²) >= 11 is 0.745. The zero-order chi connectivity index (χ0) is 22.0. The predicted octanol–water partition coefficient (Wildman–Crippen LogP) is 5.44. The Hall–Kier alpha value is -1.28. The Bertz CT molecular complexity index is 802. The van der Waals surface area contributed by atoms with E-state index in [1.807, 2.05) is 6.92 Å². The smallest absolute Gasteiger partial charge is 0.306 e. The third-order valence-electron chi connectivity index (χ3n) is 8.39. The molecule has 0 heterocycles. The van der Waals surface area contributed by atoms with E-state index in [9.17, 15) is 4.79 Å². The van der Waals surface area contributed by atoms with Crippen LogP contribution in [-0.4, -0.2) is 12.6 Å². The molecule has 7 heteroatoms. The van der Waals surface area contributed by atoms with Crippen LogP contribution in [0.25, 0.3) is 0 Å². The Kier molecular flexibility index (Phi) is 7.16. The van der Waals surface area contributed by atoms with Gasteiger partial charge in [0.15, 0.2) is 0 Å². The molecule has 172 valence electrons. The third kappa shape index (κ3) is 4.34. The van der Waals surface area contributed by atoms with Crippen LogP contribution in [0.1, 0.15) is 81.9 Å². The van der Waals surface area contributed by atoms with Crippen molar-refractivity contribution in [2.45, 2.75) is 78.1 Å². The number of benzene rings is 1. The highest BCUT2D eigenvalue weighted by atomic mass is 32.2. The van der Waals surface area contributed by atoms with E-state index in [0.717, 1.165) is 37.3 Å². The van der Waals surface area contributed by atoms with Crippen LogP contribution in [0.4, 0.5) is 0 Å². The van der Waals surface area contributed by atoms with E-state index >= 15 is 0 Å². The topological polar surface area (TPSA) is 80.0 Å². The highest BCUT2D eigenvalue weighted by Gasteiger charge is 2.55. The van der Waals surface area contributed by atoms with Gasteiger partial charge in [-0.2, -0.15) is 5.90 Å². The molecule has 6 nitrogen and oxygen atoms in total. The number of nitrogens with two attached hydrogens (primary N) is 1. The standard InChI is InChI=1S/C24H35NO5S/c1-4-15-12-20-16(13-22(15)28-31-30-29-25)6-8-19-18(20)10-11-24(3)17(7-9-21(19)24)14-23(26)27-5-2/h12-13,17-19,21H,4-11,14,25H2,1-3H3/t17-,18?,19?,21?,24-/m1/s1. The molecule has 2 saturated carbocycles. The lowest BCUT2D eigenvalue weighted by Gasteiger charge is -2.51. The number of carbonyl (C=O) groups is 1. The molecule has 0 spiro atoms. The van der Waals surface area contributed by atoms with Crippen molar-refractivity contribution in [3.63, 3.8) is 0 Å². The molecule has 3 aliphatic rings. The van der Waals surface area contributed by atoms with Crippen LogP contribution < -0.4 is 10.1 Å². The van der Waals surface area contributed by atoms with Gasteiger partial charge >= 0.3 is 5.97 Å². The van der Waals surface area contributed by atoms with Gasteiger partial charge in [0.05, 0.1) is 6.61 Å². The van der Waals surface area contributed by atoms with Crippen molar-refractivity contribution in [1.82, 2.24) is 0 Å². The molecule has 31 heavy (non-hydrogen) atoms. The zero-order valence-corrected chi connectivity index (χ0v) is 19.7. The summed E-state index contributed by atoms with van der Waals surface area (Å²) in [7, 11) is 0. The summed E-state index contributed by atoms with van der Waals surface area (Å²) in [5.74, 6) is 8.19. The number of fused-ring (bicyclic) bond motifs is 5. The molecular formula is C24H35NO5S. The highest BCUT2D eigenvalue weighted by Crippen LogP contribution is 2.63. The summed E-state index contributed by atoms with van der Waals surface area (Å²) in [6.45, 7) is 6.96. The molecule has 2 N–H and O–H groups in total. The minimum Gasteiger partial charge on any atom is -0.466 e. The molecule has 2 fully saturated rings. The quantitative estimate of drug-likeness (QED) is 0.186. The fraction of sp³-hybridized carbons (Fsp3) is 0.708. The van der Waals surface area contributed by atoms with Crippen LogP contribution >= 0.6 is 12.3 Å². The van der Waals surface area contributed by atoms with Crippen LogP contribution in [0.15, 0.2) is 12.1 Å². The maximum absolute atomic E-state index is 12.2. The monoisotopic (exact) mass is 449 g/mol. The number of rotatable bonds is 8. The average molecular weight is 450 g/mol. The van der Waals surface area contributed by atoms with Gasteiger partial charge in [0.2, 0.25) is 0 Å². The second-order valence-electron chi connectivity index (χ2n) is 9.57. The van der Waals surface area contributed by atoms with Crippen molar-refractivity contribution in [2.24, 2.45) is 29.1 Å². The van der Waals surface area contributed by atoms with Crippen molar-refractivity contribution in [3.05, 3.63) is 28.8 Å². The van der Waals surface area contributed by atoms with Crippen molar-refractivity contribution in [2.75, 3.05) is 6.61 Å². The van der Waals surface area contributed by atoms with Gasteiger partial charge in [0.1, 0.15) is 5.75 Å². The first-order valence-electron chi connectivity index (χ1n) is 11.7. The van der Waals surface area contributed by atoms with Gasteiger partial charge in [0, 0.05) is 6.42 Å². The van der Waals surface area contributed by atoms with Crippen LogP contribution in [0.2, 0.25) is 0 Å². The maximum Gasteiger partial charge on any atom is 0.306 e. The SMILES string of the molecule is CCOC(=O)C[C@H]1CCC2C3CCc4cc(OSOON)c(CC)cc4C3CC[C@@]21C. The largest absolute Gasteiger partial charge is 0.466 e. The normalized spacial score (nSPS) is 31.5. The molecule has 0 aromatic heterocycles. The molecule has 4 rings (SSSR count). The van der Waals surface area contributed by atoms with E-state index in [2.05, 4.69) is 35.3 Å². The Morgan fingerprint density at radius 3 is 2.81 bits per heavy atom. The molecule has 0 saturated heterocycles. The van der Waals surface area contributed by atoms with E-state index < -0.39 is 0 Å². The maximum atomic E-state index is 12.2. The van der Waals surface area contributed by atoms with E-state index in [1.54, 1.807) is 0 Å². The average Bonchev–Trinajstić information content (AvgIpc) is 3.09. The molecule has 0 amide bonds. The van der Waals surface area contributed by atoms with Gasteiger partial charge in [-0.25, -0.2) is 0 Å².